The molecule has 0 unspecified atom stereocenters. The van der Waals surface area contributed by atoms with Gasteiger partial charge in [0.25, 0.3) is 15.9 Å². The number of nitrogens with one attached hydrogen (secondary N) is 2. The van der Waals surface area contributed by atoms with Crippen molar-refractivity contribution in [2.45, 2.75) is 11.5 Å². The number of benzene rings is 3. The highest BCUT2D eigenvalue weighted by molar-refractivity contribution is 7.92. The quantitative estimate of drug-likeness (QED) is 0.398. The molecule has 7 nitrogen and oxygen atoms in total. The van der Waals surface area contributed by atoms with Crippen LogP contribution in [0.1, 0.15) is 15.9 Å². The monoisotopic (exact) mass is 459 g/mol. The molecule has 3 aromatic carbocycles. The molecule has 33 heavy (non-hydrogen) atoms. The van der Waals surface area contributed by atoms with Gasteiger partial charge >= 0.3 is 0 Å². The Morgan fingerprint density at radius 3 is 2.36 bits per heavy atom. The molecule has 4 rings (SSSR count). The van der Waals surface area contributed by atoms with Crippen molar-refractivity contribution in [2.24, 2.45) is 0 Å². The molecule has 0 atom stereocenters. The summed E-state index contributed by atoms with van der Waals surface area (Å²) in [6, 6.07) is 25.8. The van der Waals surface area contributed by atoms with E-state index in [-0.39, 0.29) is 10.8 Å². The van der Waals surface area contributed by atoms with E-state index in [4.69, 9.17) is 4.74 Å². The SMILES string of the molecule is O=C(Nc1ccc(S(=O)(=O)Nc2cccnc2)cc1)c1cccc(OCc2ccccc2)c1. The maximum Gasteiger partial charge on any atom is 0.261 e. The van der Waals surface area contributed by atoms with Gasteiger partial charge in [0.05, 0.1) is 16.8 Å². The zero-order chi connectivity index (χ0) is 23.1. The topological polar surface area (TPSA) is 97.4 Å². The van der Waals surface area contributed by atoms with Gasteiger partial charge in [-0.2, -0.15) is 0 Å². The lowest BCUT2D eigenvalue weighted by Crippen LogP contribution is -2.14. The molecule has 0 spiro atoms. The van der Waals surface area contributed by atoms with Gasteiger partial charge in [-0.05, 0) is 60.2 Å². The summed E-state index contributed by atoms with van der Waals surface area (Å²) in [6.45, 7) is 0.398. The molecule has 8 heteroatoms. The summed E-state index contributed by atoms with van der Waals surface area (Å²) in [4.78, 5) is 16.6. The van der Waals surface area contributed by atoms with Gasteiger partial charge in [-0.25, -0.2) is 8.42 Å². The summed E-state index contributed by atoms with van der Waals surface area (Å²) in [7, 11) is -3.76. The van der Waals surface area contributed by atoms with Crippen LogP contribution in [-0.4, -0.2) is 19.3 Å². The molecule has 0 saturated heterocycles. The Hall–Kier alpha value is -4.17. The molecule has 0 aliphatic rings. The number of aromatic nitrogens is 1. The summed E-state index contributed by atoms with van der Waals surface area (Å²) in [6.07, 6.45) is 2.98. The van der Waals surface area contributed by atoms with Gasteiger partial charge in [0.1, 0.15) is 12.4 Å². The van der Waals surface area contributed by atoms with Crippen molar-refractivity contribution in [1.29, 1.82) is 0 Å². The molecule has 0 bridgehead atoms. The van der Waals surface area contributed by atoms with E-state index in [9.17, 15) is 13.2 Å². The fourth-order valence-corrected chi connectivity index (χ4v) is 4.07. The summed E-state index contributed by atoms with van der Waals surface area (Å²) in [5, 5.41) is 2.77. The fraction of sp³-hybridized carbons (Fsp3) is 0.0400. The maximum absolute atomic E-state index is 12.7. The third-order valence-corrected chi connectivity index (χ3v) is 6.08. The van der Waals surface area contributed by atoms with E-state index < -0.39 is 10.0 Å². The Balaban J connectivity index is 1.39. The van der Waals surface area contributed by atoms with Crippen LogP contribution in [0.3, 0.4) is 0 Å². The standard InChI is InChI=1S/C25H21N3O4S/c29-25(20-8-4-10-23(16-20)32-18-19-6-2-1-3-7-19)27-21-11-13-24(14-12-21)33(30,31)28-22-9-5-15-26-17-22/h1-17,28H,18H2,(H,27,29). The highest BCUT2D eigenvalue weighted by atomic mass is 32.2. The minimum atomic E-state index is -3.76. The number of carbonyl (C=O) groups is 1. The minimum Gasteiger partial charge on any atom is -0.489 e. The van der Waals surface area contributed by atoms with Crippen LogP contribution in [0.5, 0.6) is 5.75 Å². The Morgan fingerprint density at radius 1 is 0.848 bits per heavy atom. The second-order valence-electron chi connectivity index (χ2n) is 7.13. The van der Waals surface area contributed by atoms with Crippen molar-refractivity contribution in [3.63, 3.8) is 0 Å². The van der Waals surface area contributed by atoms with E-state index in [1.54, 1.807) is 42.6 Å². The third-order valence-electron chi connectivity index (χ3n) is 4.68. The summed E-state index contributed by atoms with van der Waals surface area (Å²) in [5.41, 5.74) is 2.29. The van der Waals surface area contributed by atoms with Crippen molar-refractivity contribution in [2.75, 3.05) is 10.0 Å². The summed E-state index contributed by atoms with van der Waals surface area (Å²) in [5.74, 6) is 0.249. The average Bonchev–Trinajstić information content (AvgIpc) is 2.84. The summed E-state index contributed by atoms with van der Waals surface area (Å²) < 4.78 is 33.3. The van der Waals surface area contributed by atoms with Crippen LogP contribution in [0, 0.1) is 0 Å². The van der Waals surface area contributed by atoms with Crippen LogP contribution >= 0.6 is 0 Å². The lowest BCUT2D eigenvalue weighted by molar-refractivity contribution is 0.102. The van der Waals surface area contributed by atoms with Crippen LogP contribution in [0.25, 0.3) is 0 Å². The predicted molar refractivity (Wildman–Crippen MR) is 127 cm³/mol. The van der Waals surface area contributed by atoms with E-state index in [1.165, 1.54) is 30.5 Å². The van der Waals surface area contributed by atoms with Crippen LogP contribution in [0.4, 0.5) is 11.4 Å². The first kappa shape index (κ1) is 22.0. The molecule has 1 aromatic heterocycles. The molecule has 0 saturated carbocycles. The molecule has 2 N–H and O–H groups in total. The number of anilines is 2. The average molecular weight is 460 g/mol. The van der Waals surface area contributed by atoms with E-state index in [2.05, 4.69) is 15.0 Å². The zero-order valence-corrected chi connectivity index (χ0v) is 18.3. The van der Waals surface area contributed by atoms with Gasteiger partial charge in [0.15, 0.2) is 0 Å². The van der Waals surface area contributed by atoms with Gasteiger partial charge in [0.2, 0.25) is 0 Å². The smallest absolute Gasteiger partial charge is 0.261 e. The Morgan fingerprint density at radius 2 is 1.64 bits per heavy atom. The first-order chi connectivity index (χ1) is 16.0. The molecule has 0 aliphatic heterocycles. The predicted octanol–water partition coefficient (Wildman–Crippen LogP) is 4.71. The first-order valence-corrected chi connectivity index (χ1v) is 11.6. The number of hydrogen-bond donors (Lipinski definition) is 2. The lowest BCUT2D eigenvalue weighted by Gasteiger charge is -2.10. The van der Waals surface area contributed by atoms with Crippen LogP contribution in [0.15, 0.2) is 108 Å². The van der Waals surface area contributed by atoms with Crippen molar-refractivity contribution < 1.29 is 17.9 Å². The second-order valence-corrected chi connectivity index (χ2v) is 8.81. The number of amides is 1. The molecule has 166 valence electrons. The van der Waals surface area contributed by atoms with Crippen LogP contribution < -0.4 is 14.8 Å². The van der Waals surface area contributed by atoms with Crippen molar-refractivity contribution >= 4 is 27.3 Å². The van der Waals surface area contributed by atoms with Crippen molar-refractivity contribution in [3.8, 4) is 5.75 Å². The number of ether oxygens (including phenoxy) is 1. The van der Waals surface area contributed by atoms with Crippen molar-refractivity contribution in [3.05, 3.63) is 115 Å². The molecular weight excluding hydrogens is 438 g/mol. The Labute approximate surface area is 192 Å². The fourth-order valence-electron chi connectivity index (χ4n) is 3.03. The molecule has 4 aromatic rings. The molecule has 1 heterocycles. The second kappa shape index (κ2) is 9.97. The minimum absolute atomic E-state index is 0.0701. The first-order valence-electron chi connectivity index (χ1n) is 10.1. The van der Waals surface area contributed by atoms with E-state index >= 15 is 0 Å². The number of rotatable bonds is 8. The number of carbonyl (C=O) groups excluding carboxylic acids is 1. The van der Waals surface area contributed by atoms with Crippen LogP contribution in [0.2, 0.25) is 0 Å². The van der Waals surface area contributed by atoms with Gasteiger partial charge in [-0.3, -0.25) is 14.5 Å². The highest BCUT2D eigenvalue weighted by Gasteiger charge is 2.15. The number of sulfonamides is 1. The van der Waals surface area contributed by atoms with E-state index in [0.29, 0.717) is 29.3 Å². The van der Waals surface area contributed by atoms with E-state index in [0.717, 1.165) is 5.56 Å². The Bertz CT molecular complexity index is 1330. The van der Waals surface area contributed by atoms with Crippen LogP contribution in [-0.2, 0) is 16.6 Å². The molecule has 1 amide bonds. The zero-order valence-electron chi connectivity index (χ0n) is 17.5. The van der Waals surface area contributed by atoms with Gasteiger partial charge < -0.3 is 10.1 Å². The lowest BCUT2D eigenvalue weighted by atomic mass is 10.2. The highest BCUT2D eigenvalue weighted by Crippen LogP contribution is 2.20. The number of nitrogens with zero attached hydrogens (tertiary/aromatic N) is 1. The number of hydrogen-bond acceptors (Lipinski definition) is 5. The van der Waals surface area contributed by atoms with Gasteiger partial charge in [-0.15, -0.1) is 0 Å². The Kier molecular flexibility index (Phi) is 6.66. The maximum atomic E-state index is 12.7. The van der Waals surface area contributed by atoms with Gasteiger partial charge in [0, 0.05) is 17.4 Å². The van der Waals surface area contributed by atoms with E-state index in [1.807, 2.05) is 30.3 Å². The largest absolute Gasteiger partial charge is 0.489 e. The molecular formula is C25H21N3O4S. The molecule has 0 aliphatic carbocycles. The number of pyridine rings is 1. The molecule has 0 fully saturated rings. The molecule has 0 radical (unpaired) electrons. The summed E-state index contributed by atoms with van der Waals surface area (Å²) >= 11 is 0. The van der Waals surface area contributed by atoms with Gasteiger partial charge in [-0.1, -0.05) is 36.4 Å². The van der Waals surface area contributed by atoms with Crippen molar-refractivity contribution in [1.82, 2.24) is 4.98 Å². The normalized spacial score (nSPS) is 10.9. The third kappa shape index (κ3) is 5.96.